The van der Waals surface area contributed by atoms with Crippen LogP contribution in [-0.4, -0.2) is 22.9 Å². The van der Waals surface area contributed by atoms with Gasteiger partial charge in [-0.25, -0.2) is 0 Å². The minimum Gasteiger partial charge on any atom is -0.481 e. The first-order valence-electron chi connectivity index (χ1n) is 8.36. The molecule has 0 bridgehead atoms. The number of hydrogen-bond donors (Lipinski definition) is 3. The van der Waals surface area contributed by atoms with Gasteiger partial charge in [-0.2, -0.15) is 0 Å². The Morgan fingerprint density at radius 3 is 2.36 bits per heavy atom. The van der Waals surface area contributed by atoms with Crippen LogP contribution in [-0.2, 0) is 16.0 Å². The number of aryl methyl sites for hydroxylation is 1. The lowest BCUT2D eigenvalue weighted by Gasteiger charge is -2.29. The number of amides is 2. The van der Waals surface area contributed by atoms with E-state index in [1.165, 1.54) is 11.3 Å². The first-order valence-corrected chi connectivity index (χ1v) is 9.17. The van der Waals surface area contributed by atoms with Crippen LogP contribution in [0.1, 0.15) is 55.3 Å². The highest BCUT2D eigenvalue weighted by atomic mass is 32.1. The smallest absolute Gasteiger partial charge is 0.307 e. The molecule has 25 heavy (non-hydrogen) atoms. The molecule has 0 saturated carbocycles. The number of anilines is 1. The number of carbonyl (C=O) groups is 3. The van der Waals surface area contributed by atoms with Crippen molar-refractivity contribution in [2.45, 2.75) is 46.5 Å². The predicted octanol–water partition coefficient (Wildman–Crippen LogP) is 3.19. The van der Waals surface area contributed by atoms with Crippen LogP contribution in [0, 0.1) is 11.8 Å². The number of thiophene rings is 1. The van der Waals surface area contributed by atoms with E-state index in [2.05, 4.69) is 5.32 Å². The van der Waals surface area contributed by atoms with E-state index in [0.717, 1.165) is 28.9 Å². The van der Waals surface area contributed by atoms with Gasteiger partial charge in [-0.05, 0) is 39.2 Å². The Morgan fingerprint density at radius 1 is 1.24 bits per heavy atom. The van der Waals surface area contributed by atoms with Crippen LogP contribution >= 0.6 is 11.3 Å². The Balaban J connectivity index is 2.26. The number of nitrogens with one attached hydrogen (secondary N) is 1. The van der Waals surface area contributed by atoms with Gasteiger partial charge in [0.25, 0.3) is 5.91 Å². The number of carboxylic acids is 1. The maximum atomic E-state index is 12.7. The fraction of sp³-hybridized carbons (Fsp3) is 0.500. The molecule has 2 rings (SSSR count). The number of carboxylic acid groups (broad SMARTS) is 1. The van der Waals surface area contributed by atoms with Gasteiger partial charge in [-0.3, -0.25) is 14.4 Å². The Morgan fingerprint density at radius 2 is 1.84 bits per heavy atom. The van der Waals surface area contributed by atoms with Crippen LogP contribution < -0.4 is 11.1 Å². The van der Waals surface area contributed by atoms with Crippen molar-refractivity contribution in [3.05, 3.63) is 27.7 Å². The standard InChI is InChI=1S/C18H24N2O4S/c1-4-5-11-8-14(15(19)21)17(25-11)20-16(22)12-6-9(2)10(3)7-13(12)18(23)24/h8,12-13H,4-7H2,1-3H3,(H2,19,21)(H,20,22)(H,23,24)/t12-,13+/m1/s1. The largest absolute Gasteiger partial charge is 0.481 e. The summed E-state index contributed by atoms with van der Waals surface area (Å²) in [6.07, 6.45) is 2.49. The normalized spacial score (nSPS) is 20.4. The van der Waals surface area contributed by atoms with Gasteiger partial charge >= 0.3 is 5.97 Å². The van der Waals surface area contributed by atoms with Gasteiger partial charge in [0.05, 0.1) is 17.4 Å². The lowest BCUT2D eigenvalue weighted by Crippen LogP contribution is -2.36. The van der Waals surface area contributed by atoms with Crippen LogP contribution in [0.15, 0.2) is 17.2 Å². The second-order valence-electron chi connectivity index (χ2n) is 6.58. The van der Waals surface area contributed by atoms with E-state index in [4.69, 9.17) is 5.73 Å². The molecule has 1 aliphatic rings. The first kappa shape index (κ1) is 19.2. The van der Waals surface area contributed by atoms with E-state index in [-0.39, 0.29) is 11.5 Å². The number of allylic oxidation sites excluding steroid dienone is 2. The maximum Gasteiger partial charge on any atom is 0.307 e. The summed E-state index contributed by atoms with van der Waals surface area (Å²) in [4.78, 5) is 36.9. The zero-order valence-electron chi connectivity index (χ0n) is 14.7. The zero-order chi connectivity index (χ0) is 18.7. The molecule has 1 aromatic heterocycles. The van der Waals surface area contributed by atoms with Gasteiger partial charge in [0.2, 0.25) is 5.91 Å². The summed E-state index contributed by atoms with van der Waals surface area (Å²) >= 11 is 1.32. The highest BCUT2D eigenvalue weighted by Gasteiger charge is 2.37. The quantitative estimate of drug-likeness (QED) is 0.673. The van der Waals surface area contributed by atoms with Gasteiger partial charge in [0, 0.05) is 4.88 Å². The van der Waals surface area contributed by atoms with Crippen LogP contribution in [0.2, 0.25) is 0 Å². The Labute approximate surface area is 151 Å². The van der Waals surface area contributed by atoms with Gasteiger partial charge in [0.15, 0.2) is 0 Å². The van der Waals surface area contributed by atoms with Crippen LogP contribution in [0.3, 0.4) is 0 Å². The summed E-state index contributed by atoms with van der Waals surface area (Å²) in [5, 5.41) is 12.6. The molecule has 7 heteroatoms. The van der Waals surface area contributed by atoms with E-state index in [1.807, 2.05) is 20.8 Å². The van der Waals surface area contributed by atoms with Crippen molar-refractivity contribution in [1.29, 1.82) is 0 Å². The third-order valence-electron chi connectivity index (χ3n) is 4.70. The van der Waals surface area contributed by atoms with Gasteiger partial charge < -0.3 is 16.2 Å². The minimum atomic E-state index is -0.972. The van der Waals surface area contributed by atoms with Crippen molar-refractivity contribution >= 4 is 34.1 Å². The van der Waals surface area contributed by atoms with Gasteiger partial charge in [-0.1, -0.05) is 24.5 Å². The molecule has 0 radical (unpaired) electrons. The molecule has 4 N–H and O–H groups in total. The molecule has 2 amide bonds. The van der Waals surface area contributed by atoms with E-state index in [9.17, 15) is 19.5 Å². The molecule has 136 valence electrons. The molecular formula is C18H24N2O4S. The molecule has 2 atom stereocenters. The average Bonchev–Trinajstić information content (AvgIpc) is 2.92. The minimum absolute atomic E-state index is 0.285. The first-order chi connectivity index (χ1) is 11.7. The summed E-state index contributed by atoms with van der Waals surface area (Å²) < 4.78 is 0. The van der Waals surface area contributed by atoms with Crippen LogP contribution in [0.5, 0.6) is 0 Å². The lowest BCUT2D eigenvalue weighted by atomic mass is 9.76. The molecular weight excluding hydrogens is 340 g/mol. The van der Waals surface area contributed by atoms with E-state index >= 15 is 0 Å². The summed E-state index contributed by atoms with van der Waals surface area (Å²) in [7, 11) is 0. The van der Waals surface area contributed by atoms with Gasteiger partial charge in [0.1, 0.15) is 5.00 Å². The highest BCUT2D eigenvalue weighted by Crippen LogP contribution is 2.36. The van der Waals surface area contributed by atoms with Crippen molar-refractivity contribution in [2.75, 3.05) is 5.32 Å². The maximum absolute atomic E-state index is 12.7. The number of nitrogens with two attached hydrogens (primary N) is 1. The van der Waals surface area contributed by atoms with Crippen molar-refractivity contribution in [1.82, 2.24) is 0 Å². The van der Waals surface area contributed by atoms with Gasteiger partial charge in [-0.15, -0.1) is 11.3 Å². The van der Waals surface area contributed by atoms with Crippen molar-refractivity contribution in [2.24, 2.45) is 17.6 Å². The number of carbonyl (C=O) groups excluding carboxylic acids is 2. The number of hydrogen-bond acceptors (Lipinski definition) is 4. The SMILES string of the molecule is CCCc1cc(C(N)=O)c(NC(=O)[C@@H]2CC(C)=C(C)C[C@@H]2C(=O)O)s1. The molecule has 1 aromatic rings. The third-order valence-corrected chi connectivity index (χ3v) is 5.81. The summed E-state index contributed by atoms with van der Waals surface area (Å²) in [5.41, 5.74) is 7.76. The summed E-state index contributed by atoms with van der Waals surface area (Å²) in [6.45, 7) is 5.85. The van der Waals surface area contributed by atoms with Crippen molar-refractivity contribution in [3.8, 4) is 0 Å². The van der Waals surface area contributed by atoms with Crippen molar-refractivity contribution in [3.63, 3.8) is 0 Å². The molecule has 0 unspecified atom stereocenters. The topological polar surface area (TPSA) is 109 Å². The third kappa shape index (κ3) is 4.28. The molecule has 0 aliphatic heterocycles. The molecule has 6 nitrogen and oxygen atoms in total. The summed E-state index contributed by atoms with van der Waals surface area (Å²) in [5.74, 6) is -3.35. The molecule has 0 aromatic carbocycles. The molecule has 0 saturated heterocycles. The number of aliphatic carboxylic acids is 1. The Bertz CT molecular complexity index is 735. The van der Waals surface area contributed by atoms with Crippen LogP contribution in [0.4, 0.5) is 5.00 Å². The van der Waals surface area contributed by atoms with Crippen molar-refractivity contribution < 1.29 is 19.5 Å². The Hall–Kier alpha value is -2.15. The predicted molar refractivity (Wildman–Crippen MR) is 97.7 cm³/mol. The lowest BCUT2D eigenvalue weighted by molar-refractivity contribution is -0.146. The number of primary amides is 1. The average molecular weight is 364 g/mol. The molecule has 1 heterocycles. The van der Waals surface area contributed by atoms with E-state index in [1.54, 1.807) is 6.07 Å². The number of rotatable bonds is 6. The fourth-order valence-electron chi connectivity index (χ4n) is 3.12. The molecule has 1 aliphatic carbocycles. The highest BCUT2D eigenvalue weighted by molar-refractivity contribution is 7.16. The zero-order valence-corrected chi connectivity index (χ0v) is 15.5. The van der Waals surface area contributed by atoms with Crippen LogP contribution in [0.25, 0.3) is 0 Å². The second kappa shape index (κ2) is 7.82. The summed E-state index contributed by atoms with van der Waals surface area (Å²) in [6, 6.07) is 1.71. The second-order valence-corrected chi connectivity index (χ2v) is 7.72. The molecule has 0 spiro atoms. The molecule has 0 fully saturated rings. The van der Waals surface area contributed by atoms with E-state index < -0.39 is 23.7 Å². The monoisotopic (exact) mass is 364 g/mol. The Kier molecular flexibility index (Phi) is 6.00. The fourth-order valence-corrected chi connectivity index (χ4v) is 4.29. The van der Waals surface area contributed by atoms with E-state index in [0.29, 0.717) is 17.8 Å².